The Balaban J connectivity index is 1.26. The highest BCUT2D eigenvalue weighted by Gasteiger charge is 2.17. The molecule has 1 N–H and O–H groups in total. The number of piperidine rings is 1. The third-order valence-electron chi connectivity index (χ3n) is 7.53. The quantitative estimate of drug-likeness (QED) is 0.433. The van der Waals surface area contributed by atoms with Gasteiger partial charge in [-0.25, -0.2) is 4.98 Å². The molecule has 1 aliphatic carbocycles. The molecule has 1 aliphatic heterocycles. The topological polar surface area (TPSA) is 54.6 Å². The van der Waals surface area contributed by atoms with E-state index < -0.39 is 0 Å². The van der Waals surface area contributed by atoms with Crippen LogP contribution in [0.25, 0.3) is 15.9 Å². The number of benzene rings is 1. The molecule has 0 unspecified atom stereocenters. The van der Waals surface area contributed by atoms with Crippen molar-refractivity contribution in [2.75, 3.05) is 19.6 Å². The van der Waals surface area contributed by atoms with Gasteiger partial charge in [-0.15, -0.1) is 11.3 Å². The number of rotatable bonds is 7. The summed E-state index contributed by atoms with van der Waals surface area (Å²) in [5.41, 5.74) is 7.21. The number of likely N-dealkylation sites (tertiary alicyclic amines) is 1. The number of nitrogens with zero attached hydrogens (tertiary/aromatic N) is 4. The molecule has 4 heterocycles. The molecule has 0 radical (unpaired) electrons. The lowest BCUT2D eigenvalue weighted by molar-refractivity contribution is 0.221. The number of nitrogens with one attached hydrogen (secondary N) is 1. The third-order valence-corrected chi connectivity index (χ3v) is 8.49. The van der Waals surface area contributed by atoms with Gasteiger partial charge in [-0.2, -0.15) is 0 Å². The molecule has 34 heavy (non-hydrogen) atoms. The number of aryl methyl sites for hydroxylation is 3. The van der Waals surface area contributed by atoms with Crippen molar-refractivity contribution in [1.82, 2.24) is 24.2 Å². The molecule has 6 nitrogen and oxygen atoms in total. The van der Waals surface area contributed by atoms with Crippen molar-refractivity contribution in [2.45, 2.75) is 65.1 Å². The average molecular weight is 476 g/mol. The molecule has 0 saturated carbocycles. The van der Waals surface area contributed by atoms with Crippen LogP contribution in [0.3, 0.4) is 0 Å². The standard InChI is InChI=1S/C27H33N5OS/c1-19-18-34-27-29-24(17-32(19)27)16-28-15-23-13-22-12-20-6-5-7-21(20)14-25(22)31(26(23)33)11-10-30-8-3-2-4-9-30/h12-14,17-18,28H,2-11,15-16H2,1H3. The van der Waals surface area contributed by atoms with E-state index >= 15 is 0 Å². The highest BCUT2D eigenvalue weighted by molar-refractivity contribution is 7.15. The molecule has 4 aromatic rings. The molecule has 7 heteroatoms. The number of imidazole rings is 1. The van der Waals surface area contributed by atoms with Crippen LogP contribution in [0.1, 0.15) is 53.8 Å². The third kappa shape index (κ3) is 4.21. The molecule has 178 valence electrons. The van der Waals surface area contributed by atoms with E-state index in [1.54, 1.807) is 11.3 Å². The maximum atomic E-state index is 13.6. The maximum Gasteiger partial charge on any atom is 0.255 e. The zero-order valence-corrected chi connectivity index (χ0v) is 20.8. The van der Waals surface area contributed by atoms with E-state index in [2.05, 4.69) is 55.9 Å². The Labute approximate surface area is 204 Å². The summed E-state index contributed by atoms with van der Waals surface area (Å²) in [6, 6.07) is 6.76. The van der Waals surface area contributed by atoms with Crippen molar-refractivity contribution >= 4 is 27.2 Å². The Morgan fingerprint density at radius 3 is 2.65 bits per heavy atom. The van der Waals surface area contributed by atoms with Crippen LogP contribution in [0.2, 0.25) is 0 Å². The van der Waals surface area contributed by atoms with Crippen LogP contribution in [-0.4, -0.2) is 38.5 Å². The van der Waals surface area contributed by atoms with Gasteiger partial charge in [0.25, 0.3) is 5.56 Å². The first-order valence-electron chi connectivity index (χ1n) is 12.7. The first-order chi connectivity index (χ1) is 16.7. The van der Waals surface area contributed by atoms with E-state index in [4.69, 9.17) is 4.98 Å². The fourth-order valence-electron chi connectivity index (χ4n) is 5.64. The van der Waals surface area contributed by atoms with Crippen molar-refractivity contribution in [3.05, 3.63) is 68.2 Å². The molecular weight excluding hydrogens is 442 g/mol. The first kappa shape index (κ1) is 22.0. The van der Waals surface area contributed by atoms with Gasteiger partial charge in [0.15, 0.2) is 4.96 Å². The molecule has 1 aromatic carbocycles. The van der Waals surface area contributed by atoms with Gasteiger partial charge in [0.05, 0.1) is 11.2 Å². The van der Waals surface area contributed by atoms with Crippen LogP contribution in [0.15, 0.2) is 34.6 Å². The highest BCUT2D eigenvalue weighted by Crippen LogP contribution is 2.27. The van der Waals surface area contributed by atoms with E-state index in [-0.39, 0.29) is 5.56 Å². The molecule has 3 aromatic heterocycles. The van der Waals surface area contributed by atoms with E-state index in [1.807, 2.05) is 0 Å². The smallest absolute Gasteiger partial charge is 0.255 e. The lowest BCUT2D eigenvalue weighted by Gasteiger charge is -2.27. The van der Waals surface area contributed by atoms with Gasteiger partial charge in [0.1, 0.15) is 0 Å². The second-order valence-electron chi connectivity index (χ2n) is 9.93. The number of thiazole rings is 1. The van der Waals surface area contributed by atoms with Gasteiger partial charge in [-0.05, 0) is 86.8 Å². The normalized spacial score (nSPS) is 16.6. The molecule has 6 rings (SSSR count). The average Bonchev–Trinajstić information content (AvgIpc) is 3.56. The summed E-state index contributed by atoms with van der Waals surface area (Å²) in [6.07, 6.45) is 9.49. The van der Waals surface area contributed by atoms with E-state index in [0.717, 1.165) is 60.8 Å². The molecule has 2 aliphatic rings. The number of aromatic nitrogens is 3. The summed E-state index contributed by atoms with van der Waals surface area (Å²) in [6.45, 7) is 7.34. The minimum Gasteiger partial charge on any atom is -0.307 e. The summed E-state index contributed by atoms with van der Waals surface area (Å²) >= 11 is 1.66. The van der Waals surface area contributed by atoms with E-state index in [1.165, 1.54) is 47.9 Å². The van der Waals surface area contributed by atoms with Crippen molar-refractivity contribution in [1.29, 1.82) is 0 Å². The summed E-state index contributed by atoms with van der Waals surface area (Å²) in [7, 11) is 0. The van der Waals surface area contributed by atoms with Crippen LogP contribution in [-0.2, 0) is 32.5 Å². The lowest BCUT2D eigenvalue weighted by atomic mass is 10.0. The summed E-state index contributed by atoms with van der Waals surface area (Å²) in [5, 5.41) is 6.81. The molecule has 1 fully saturated rings. The monoisotopic (exact) mass is 475 g/mol. The second kappa shape index (κ2) is 9.29. The summed E-state index contributed by atoms with van der Waals surface area (Å²) in [4.78, 5) is 21.9. The minimum absolute atomic E-state index is 0.150. The zero-order valence-electron chi connectivity index (χ0n) is 20.0. The number of fused-ring (bicyclic) bond motifs is 3. The Bertz CT molecular complexity index is 1390. The van der Waals surface area contributed by atoms with Crippen LogP contribution < -0.4 is 10.9 Å². The molecular formula is C27H33N5OS. The van der Waals surface area contributed by atoms with E-state index in [0.29, 0.717) is 13.1 Å². The predicted octanol–water partition coefficient (Wildman–Crippen LogP) is 4.28. The van der Waals surface area contributed by atoms with Crippen molar-refractivity contribution < 1.29 is 0 Å². The largest absolute Gasteiger partial charge is 0.307 e. The Hall–Kier alpha value is -2.48. The van der Waals surface area contributed by atoms with E-state index in [9.17, 15) is 4.79 Å². The molecule has 1 saturated heterocycles. The molecule has 0 atom stereocenters. The summed E-state index contributed by atoms with van der Waals surface area (Å²) < 4.78 is 4.18. The SMILES string of the molecule is Cc1csc2nc(CNCc3cc4cc5c(cc4n(CCN4CCCCC4)c3=O)CCC5)cn12. The van der Waals surface area contributed by atoms with Crippen molar-refractivity contribution in [3.8, 4) is 0 Å². The number of pyridine rings is 1. The lowest BCUT2D eigenvalue weighted by Crippen LogP contribution is -2.36. The molecule has 0 bridgehead atoms. The number of hydrogen-bond donors (Lipinski definition) is 1. The Morgan fingerprint density at radius 1 is 1.00 bits per heavy atom. The highest BCUT2D eigenvalue weighted by atomic mass is 32.1. The molecule has 0 amide bonds. The molecule has 0 spiro atoms. The first-order valence-corrected chi connectivity index (χ1v) is 13.6. The van der Waals surface area contributed by atoms with Crippen LogP contribution in [0.4, 0.5) is 0 Å². The van der Waals surface area contributed by atoms with Crippen LogP contribution in [0.5, 0.6) is 0 Å². The predicted molar refractivity (Wildman–Crippen MR) is 139 cm³/mol. The van der Waals surface area contributed by atoms with Crippen molar-refractivity contribution in [3.63, 3.8) is 0 Å². The van der Waals surface area contributed by atoms with Gasteiger partial charge >= 0.3 is 0 Å². The van der Waals surface area contributed by atoms with Crippen molar-refractivity contribution in [2.24, 2.45) is 0 Å². The van der Waals surface area contributed by atoms with Crippen LogP contribution in [0, 0.1) is 6.92 Å². The van der Waals surface area contributed by atoms with Gasteiger partial charge in [0, 0.05) is 49.0 Å². The van der Waals surface area contributed by atoms with Crippen LogP contribution >= 0.6 is 11.3 Å². The summed E-state index contributed by atoms with van der Waals surface area (Å²) in [5.74, 6) is 0. The zero-order chi connectivity index (χ0) is 23.1. The van der Waals surface area contributed by atoms with Gasteiger partial charge in [-0.1, -0.05) is 6.42 Å². The maximum absolute atomic E-state index is 13.6. The van der Waals surface area contributed by atoms with Gasteiger partial charge in [0.2, 0.25) is 0 Å². The Kier molecular flexibility index (Phi) is 6.01. The fraction of sp³-hybridized carbons (Fsp3) is 0.481. The van der Waals surface area contributed by atoms with Gasteiger partial charge in [-0.3, -0.25) is 9.20 Å². The fourth-order valence-corrected chi connectivity index (χ4v) is 6.51. The van der Waals surface area contributed by atoms with Gasteiger partial charge < -0.3 is 14.8 Å². The number of hydrogen-bond acceptors (Lipinski definition) is 5. The second-order valence-corrected chi connectivity index (χ2v) is 10.8. The minimum atomic E-state index is 0.150. The Morgan fingerprint density at radius 2 is 1.82 bits per heavy atom.